The van der Waals surface area contributed by atoms with Crippen LogP contribution in [0.4, 0.5) is 5.69 Å². The van der Waals surface area contributed by atoms with Crippen LogP contribution < -0.4 is 5.73 Å². The van der Waals surface area contributed by atoms with Crippen LogP contribution in [0, 0.1) is 0 Å². The van der Waals surface area contributed by atoms with E-state index in [1.165, 1.54) is 0 Å². The van der Waals surface area contributed by atoms with E-state index in [1.54, 1.807) is 10.7 Å². The number of rotatable bonds is 3. The van der Waals surface area contributed by atoms with Crippen molar-refractivity contribution < 1.29 is 0 Å². The molecular formula is C12H15ClN4. The molecule has 0 unspecified atom stereocenters. The maximum atomic E-state index is 6.18. The Morgan fingerprint density at radius 3 is 2.65 bits per heavy atom. The largest absolute Gasteiger partial charge is 0.399 e. The number of anilines is 1. The molecule has 0 fully saturated rings. The molecule has 2 N–H and O–H groups in total. The maximum Gasteiger partial charge on any atom is 0.151 e. The minimum atomic E-state index is 0.590. The molecule has 0 radical (unpaired) electrons. The first-order chi connectivity index (χ1) is 8.15. The summed E-state index contributed by atoms with van der Waals surface area (Å²) in [5.74, 6) is 1.74. The third-order valence-electron chi connectivity index (χ3n) is 2.55. The molecule has 1 heterocycles. The van der Waals surface area contributed by atoms with Crippen LogP contribution in [0.3, 0.4) is 0 Å². The van der Waals surface area contributed by atoms with E-state index in [0.29, 0.717) is 10.7 Å². The highest BCUT2D eigenvalue weighted by atomic mass is 35.5. The molecule has 0 aliphatic heterocycles. The lowest BCUT2D eigenvalue weighted by molar-refractivity contribution is 0.791. The van der Waals surface area contributed by atoms with Crippen LogP contribution in [0.1, 0.15) is 25.5 Å². The van der Waals surface area contributed by atoms with Crippen LogP contribution in [0.5, 0.6) is 0 Å². The fraction of sp³-hybridized carbons (Fsp3) is 0.333. The highest BCUT2D eigenvalue weighted by molar-refractivity contribution is 6.32. The van der Waals surface area contributed by atoms with Gasteiger partial charge in [-0.25, -0.2) is 9.67 Å². The fourth-order valence-corrected chi connectivity index (χ4v) is 1.93. The summed E-state index contributed by atoms with van der Waals surface area (Å²) in [4.78, 5) is 4.45. The number of benzene rings is 1. The predicted octanol–water partition coefficient (Wildman–Crippen LogP) is 2.63. The van der Waals surface area contributed by atoms with Gasteiger partial charge in [0, 0.05) is 18.5 Å². The molecule has 4 nitrogen and oxygen atoms in total. The molecule has 2 rings (SSSR count). The van der Waals surface area contributed by atoms with Gasteiger partial charge in [0.25, 0.3) is 0 Å². The average Bonchev–Trinajstić information content (AvgIpc) is 2.72. The van der Waals surface area contributed by atoms with E-state index in [-0.39, 0.29) is 0 Å². The summed E-state index contributed by atoms with van der Waals surface area (Å²) < 4.78 is 1.79. The van der Waals surface area contributed by atoms with Crippen LogP contribution in [0.25, 0.3) is 5.69 Å². The zero-order valence-electron chi connectivity index (χ0n) is 9.94. The van der Waals surface area contributed by atoms with Crippen LogP contribution in [0.15, 0.2) is 18.2 Å². The number of hydrogen-bond donors (Lipinski definition) is 1. The van der Waals surface area contributed by atoms with Crippen molar-refractivity contribution in [3.63, 3.8) is 0 Å². The first kappa shape index (κ1) is 11.9. The highest BCUT2D eigenvalue weighted by Gasteiger charge is 2.11. The van der Waals surface area contributed by atoms with Crippen molar-refractivity contribution in [3.8, 4) is 5.69 Å². The summed E-state index contributed by atoms with van der Waals surface area (Å²) >= 11 is 6.18. The molecule has 0 saturated heterocycles. The monoisotopic (exact) mass is 250 g/mol. The molecule has 2 aromatic rings. The van der Waals surface area contributed by atoms with Gasteiger partial charge in [0.15, 0.2) is 5.82 Å². The maximum absolute atomic E-state index is 6.18. The Morgan fingerprint density at radius 2 is 2.06 bits per heavy atom. The SMILES string of the molecule is CCc1nc(CC)n(-c2ccc(N)cc2Cl)n1. The van der Waals surface area contributed by atoms with E-state index < -0.39 is 0 Å². The summed E-state index contributed by atoms with van der Waals surface area (Å²) in [6.45, 7) is 4.08. The average molecular weight is 251 g/mol. The van der Waals surface area contributed by atoms with Crippen molar-refractivity contribution in [3.05, 3.63) is 34.9 Å². The second-order valence-corrected chi connectivity index (χ2v) is 4.18. The first-order valence-corrected chi connectivity index (χ1v) is 6.03. The summed E-state index contributed by atoms with van der Waals surface area (Å²) in [5.41, 5.74) is 7.15. The fourth-order valence-electron chi connectivity index (χ4n) is 1.66. The lowest BCUT2D eigenvalue weighted by Gasteiger charge is -2.07. The van der Waals surface area contributed by atoms with E-state index in [4.69, 9.17) is 17.3 Å². The van der Waals surface area contributed by atoms with Gasteiger partial charge in [0.05, 0.1) is 10.7 Å². The second-order valence-electron chi connectivity index (χ2n) is 3.77. The van der Waals surface area contributed by atoms with Gasteiger partial charge in [0.1, 0.15) is 5.82 Å². The molecular weight excluding hydrogens is 236 g/mol. The van der Waals surface area contributed by atoms with E-state index in [0.717, 1.165) is 30.2 Å². The number of nitrogen functional groups attached to an aromatic ring is 1. The highest BCUT2D eigenvalue weighted by Crippen LogP contribution is 2.23. The van der Waals surface area contributed by atoms with Crippen molar-refractivity contribution in [1.82, 2.24) is 14.8 Å². The van der Waals surface area contributed by atoms with Gasteiger partial charge in [-0.2, -0.15) is 5.10 Å². The Balaban J connectivity index is 2.55. The molecule has 17 heavy (non-hydrogen) atoms. The summed E-state index contributed by atoms with van der Waals surface area (Å²) in [6.07, 6.45) is 1.63. The number of aryl methyl sites for hydroxylation is 2. The van der Waals surface area contributed by atoms with Crippen molar-refractivity contribution in [2.24, 2.45) is 0 Å². The third kappa shape index (κ3) is 2.26. The molecule has 0 atom stereocenters. The van der Waals surface area contributed by atoms with Gasteiger partial charge in [-0.15, -0.1) is 0 Å². The Bertz CT molecular complexity index is 533. The molecule has 5 heteroatoms. The Hall–Kier alpha value is -1.55. The Morgan fingerprint density at radius 1 is 1.29 bits per heavy atom. The molecule has 1 aromatic carbocycles. The number of aromatic nitrogens is 3. The summed E-state index contributed by atoms with van der Waals surface area (Å²) in [6, 6.07) is 5.41. The Kier molecular flexibility index (Phi) is 3.33. The molecule has 0 amide bonds. The van der Waals surface area contributed by atoms with Gasteiger partial charge in [0.2, 0.25) is 0 Å². The minimum absolute atomic E-state index is 0.590. The van der Waals surface area contributed by atoms with Gasteiger partial charge in [-0.1, -0.05) is 25.4 Å². The second kappa shape index (κ2) is 4.75. The molecule has 0 spiro atoms. The van der Waals surface area contributed by atoms with Crippen LogP contribution in [-0.4, -0.2) is 14.8 Å². The molecule has 0 aliphatic rings. The van der Waals surface area contributed by atoms with Crippen LogP contribution in [-0.2, 0) is 12.8 Å². The minimum Gasteiger partial charge on any atom is -0.399 e. The van der Waals surface area contributed by atoms with Gasteiger partial charge in [-0.05, 0) is 18.2 Å². The smallest absolute Gasteiger partial charge is 0.151 e. The number of hydrogen-bond acceptors (Lipinski definition) is 3. The van der Waals surface area contributed by atoms with E-state index in [2.05, 4.69) is 10.1 Å². The zero-order chi connectivity index (χ0) is 12.4. The summed E-state index contributed by atoms with van der Waals surface area (Å²) in [7, 11) is 0. The van der Waals surface area contributed by atoms with Crippen molar-refractivity contribution in [2.75, 3.05) is 5.73 Å². The van der Waals surface area contributed by atoms with Crippen LogP contribution in [0.2, 0.25) is 5.02 Å². The number of nitrogens with zero attached hydrogens (tertiary/aromatic N) is 3. The van der Waals surface area contributed by atoms with Crippen LogP contribution >= 0.6 is 11.6 Å². The lowest BCUT2D eigenvalue weighted by Crippen LogP contribution is -2.03. The van der Waals surface area contributed by atoms with Gasteiger partial charge >= 0.3 is 0 Å². The molecule has 0 bridgehead atoms. The normalized spacial score (nSPS) is 10.8. The topological polar surface area (TPSA) is 56.7 Å². The van der Waals surface area contributed by atoms with Crippen molar-refractivity contribution >= 4 is 17.3 Å². The number of nitrogens with two attached hydrogens (primary N) is 1. The molecule has 0 aliphatic carbocycles. The summed E-state index contributed by atoms with van der Waals surface area (Å²) in [5, 5.41) is 5.03. The van der Waals surface area contributed by atoms with E-state index in [1.807, 2.05) is 26.0 Å². The number of halogens is 1. The first-order valence-electron chi connectivity index (χ1n) is 5.66. The van der Waals surface area contributed by atoms with E-state index >= 15 is 0 Å². The molecule has 90 valence electrons. The van der Waals surface area contributed by atoms with Crippen molar-refractivity contribution in [1.29, 1.82) is 0 Å². The third-order valence-corrected chi connectivity index (χ3v) is 2.85. The molecule has 0 saturated carbocycles. The van der Waals surface area contributed by atoms with Gasteiger partial charge < -0.3 is 5.73 Å². The Labute approximate surface area is 105 Å². The molecule has 1 aromatic heterocycles. The predicted molar refractivity (Wildman–Crippen MR) is 69.5 cm³/mol. The standard InChI is InChI=1S/C12H15ClN4/c1-3-11-15-12(4-2)17(16-11)10-6-5-8(14)7-9(10)13/h5-7H,3-4,14H2,1-2H3. The van der Waals surface area contributed by atoms with E-state index in [9.17, 15) is 0 Å². The quantitative estimate of drug-likeness (QED) is 0.852. The van der Waals surface area contributed by atoms with Gasteiger partial charge in [-0.3, -0.25) is 0 Å². The van der Waals surface area contributed by atoms with Crippen molar-refractivity contribution in [2.45, 2.75) is 26.7 Å². The zero-order valence-corrected chi connectivity index (χ0v) is 10.7. The lowest BCUT2D eigenvalue weighted by atomic mass is 10.3.